The normalized spacial score (nSPS) is 11.9. The van der Waals surface area contributed by atoms with E-state index in [0.717, 1.165) is 6.07 Å². The summed E-state index contributed by atoms with van der Waals surface area (Å²) in [4.78, 5) is 21.0. The summed E-state index contributed by atoms with van der Waals surface area (Å²) in [6.45, 7) is 4.66. The predicted molar refractivity (Wildman–Crippen MR) is 62.9 cm³/mol. The number of nitro benzene ring substituents is 1. The van der Waals surface area contributed by atoms with Crippen LogP contribution in [0.4, 0.5) is 5.69 Å². The Morgan fingerprint density at radius 1 is 1.59 bits per heavy atom. The van der Waals surface area contributed by atoms with E-state index in [9.17, 15) is 20.0 Å². The van der Waals surface area contributed by atoms with Gasteiger partial charge < -0.3 is 5.11 Å². The first kappa shape index (κ1) is 13.3. The van der Waals surface area contributed by atoms with Gasteiger partial charge in [-0.1, -0.05) is 18.2 Å². The number of Topliss-reactive ketones (excluding diaryl/α,β-unsaturated/α-hetero) is 1. The van der Waals surface area contributed by atoms with Crippen LogP contribution in [0, 0.1) is 10.1 Å². The molecule has 0 aliphatic heterocycles. The zero-order valence-corrected chi connectivity index (χ0v) is 9.77. The summed E-state index contributed by atoms with van der Waals surface area (Å²) < 4.78 is 0. The summed E-state index contributed by atoms with van der Waals surface area (Å²) in [5.74, 6) is -0.403. The molecule has 90 valence electrons. The average Bonchev–Trinajstić information content (AvgIpc) is 2.27. The van der Waals surface area contributed by atoms with E-state index in [0.29, 0.717) is 0 Å². The highest BCUT2D eigenvalue weighted by atomic mass is 35.5. The summed E-state index contributed by atoms with van der Waals surface area (Å²) in [6, 6.07) is 3.64. The van der Waals surface area contributed by atoms with Crippen molar-refractivity contribution >= 4 is 23.1 Å². The lowest BCUT2D eigenvalue weighted by atomic mass is 10.00. The van der Waals surface area contributed by atoms with Crippen molar-refractivity contribution in [1.82, 2.24) is 0 Å². The molecule has 0 aliphatic rings. The van der Waals surface area contributed by atoms with E-state index in [-0.39, 0.29) is 21.8 Å². The molecule has 1 N–H and O–H groups in total. The molecule has 0 saturated carbocycles. The van der Waals surface area contributed by atoms with Crippen molar-refractivity contribution in [2.75, 3.05) is 0 Å². The molecule has 0 fully saturated rings. The number of hydrogen-bond donors (Lipinski definition) is 1. The van der Waals surface area contributed by atoms with Crippen LogP contribution in [0.1, 0.15) is 18.6 Å². The second kappa shape index (κ2) is 5.07. The lowest BCUT2D eigenvalue weighted by molar-refractivity contribution is -0.385. The van der Waals surface area contributed by atoms with Gasteiger partial charge in [-0.15, -0.1) is 0 Å². The maximum atomic E-state index is 11.1. The fraction of sp³-hybridized carbons (Fsp3) is 0.182. The van der Waals surface area contributed by atoms with Crippen LogP contribution in [0.15, 0.2) is 30.4 Å². The smallest absolute Gasteiger partial charge is 0.269 e. The van der Waals surface area contributed by atoms with Crippen molar-refractivity contribution in [2.45, 2.75) is 13.0 Å². The Kier molecular flexibility index (Phi) is 3.98. The minimum atomic E-state index is -1.33. The zero-order valence-electron chi connectivity index (χ0n) is 9.01. The van der Waals surface area contributed by atoms with Crippen LogP contribution >= 0.6 is 11.6 Å². The molecule has 0 heterocycles. The van der Waals surface area contributed by atoms with Gasteiger partial charge in [0.15, 0.2) is 5.78 Å². The molecule has 17 heavy (non-hydrogen) atoms. The number of nitro groups is 1. The van der Waals surface area contributed by atoms with Crippen molar-refractivity contribution < 1.29 is 14.8 Å². The largest absolute Gasteiger partial charge is 0.383 e. The molecule has 0 aliphatic carbocycles. The van der Waals surface area contributed by atoms with Crippen molar-refractivity contribution in [2.24, 2.45) is 0 Å². The number of rotatable bonds is 4. The third-order valence-corrected chi connectivity index (χ3v) is 2.61. The molecular weight excluding hydrogens is 246 g/mol. The first-order valence-corrected chi connectivity index (χ1v) is 5.04. The molecule has 1 aromatic carbocycles. The Morgan fingerprint density at radius 2 is 2.18 bits per heavy atom. The minimum absolute atomic E-state index is 0.0626. The lowest BCUT2D eigenvalue weighted by Crippen LogP contribution is -2.08. The van der Waals surface area contributed by atoms with Gasteiger partial charge in [0.05, 0.1) is 4.92 Å². The lowest BCUT2D eigenvalue weighted by Gasteiger charge is -2.13. The first-order chi connectivity index (χ1) is 7.84. The third kappa shape index (κ3) is 2.89. The molecule has 0 bridgehead atoms. The first-order valence-electron chi connectivity index (χ1n) is 4.66. The van der Waals surface area contributed by atoms with Crippen molar-refractivity contribution in [3.63, 3.8) is 0 Å². The number of ketones is 1. The fourth-order valence-electron chi connectivity index (χ4n) is 1.23. The number of aliphatic hydroxyl groups excluding tert-OH is 1. The Morgan fingerprint density at radius 3 is 2.65 bits per heavy atom. The van der Waals surface area contributed by atoms with Gasteiger partial charge in [-0.2, -0.15) is 0 Å². The van der Waals surface area contributed by atoms with E-state index in [1.54, 1.807) is 0 Å². The SMILES string of the molecule is C=C(C(C)=O)C(O)c1cc([N+](=O)[O-])ccc1Cl. The Labute approximate surface area is 102 Å². The molecule has 0 saturated heterocycles. The zero-order chi connectivity index (χ0) is 13.2. The number of non-ortho nitro benzene ring substituents is 1. The van der Waals surface area contributed by atoms with Gasteiger partial charge >= 0.3 is 0 Å². The van der Waals surface area contributed by atoms with E-state index in [4.69, 9.17) is 11.6 Å². The molecule has 0 radical (unpaired) electrons. The molecule has 0 aromatic heterocycles. The summed E-state index contributed by atoms with van der Waals surface area (Å²) in [5, 5.41) is 20.5. The summed E-state index contributed by atoms with van der Waals surface area (Å²) in [5.41, 5.74) is -0.173. The average molecular weight is 256 g/mol. The van der Waals surface area contributed by atoms with Crippen LogP contribution in [0.3, 0.4) is 0 Å². The van der Waals surface area contributed by atoms with Crippen molar-refractivity contribution in [3.8, 4) is 0 Å². The highest BCUT2D eigenvalue weighted by Gasteiger charge is 2.20. The number of aliphatic hydroxyl groups is 1. The Bertz CT molecular complexity index is 498. The van der Waals surface area contributed by atoms with Crippen molar-refractivity contribution in [3.05, 3.63) is 51.1 Å². The fourth-order valence-corrected chi connectivity index (χ4v) is 1.46. The van der Waals surface area contributed by atoms with Gasteiger partial charge in [-0.25, -0.2) is 0 Å². The van der Waals surface area contributed by atoms with Gasteiger partial charge in [0.25, 0.3) is 5.69 Å². The van der Waals surface area contributed by atoms with Gasteiger partial charge in [0, 0.05) is 28.3 Å². The molecule has 1 atom stereocenters. The van der Waals surface area contributed by atoms with E-state index >= 15 is 0 Å². The molecule has 5 nitrogen and oxygen atoms in total. The number of nitrogens with zero attached hydrogens (tertiary/aromatic N) is 1. The Balaban J connectivity index is 3.21. The summed E-state index contributed by atoms with van der Waals surface area (Å²) >= 11 is 5.81. The highest BCUT2D eigenvalue weighted by Crippen LogP contribution is 2.30. The minimum Gasteiger partial charge on any atom is -0.383 e. The molecule has 6 heteroatoms. The monoisotopic (exact) mass is 255 g/mol. The van der Waals surface area contributed by atoms with E-state index in [1.165, 1.54) is 19.1 Å². The van der Waals surface area contributed by atoms with Crippen LogP contribution in [0.5, 0.6) is 0 Å². The number of halogens is 1. The maximum Gasteiger partial charge on any atom is 0.269 e. The van der Waals surface area contributed by atoms with Crippen LogP contribution < -0.4 is 0 Å². The molecule has 0 amide bonds. The third-order valence-electron chi connectivity index (χ3n) is 2.27. The molecule has 1 unspecified atom stereocenters. The quantitative estimate of drug-likeness (QED) is 0.509. The standard InChI is InChI=1S/C11H10ClNO4/c1-6(7(2)14)11(15)9-5-8(13(16)17)3-4-10(9)12/h3-5,11,15H,1H2,2H3. The number of benzene rings is 1. The van der Waals surface area contributed by atoms with E-state index in [1.807, 2.05) is 0 Å². The number of hydrogen-bond acceptors (Lipinski definition) is 4. The van der Waals surface area contributed by atoms with E-state index in [2.05, 4.69) is 6.58 Å². The van der Waals surface area contributed by atoms with Gasteiger partial charge in [0.2, 0.25) is 0 Å². The van der Waals surface area contributed by atoms with Crippen LogP contribution in [-0.4, -0.2) is 15.8 Å². The predicted octanol–water partition coefficient (Wildman–Crippen LogP) is 2.43. The summed E-state index contributed by atoms with van der Waals surface area (Å²) in [6.07, 6.45) is -1.33. The second-order valence-electron chi connectivity index (χ2n) is 3.45. The topological polar surface area (TPSA) is 80.4 Å². The summed E-state index contributed by atoms with van der Waals surface area (Å²) in [7, 11) is 0. The highest BCUT2D eigenvalue weighted by molar-refractivity contribution is 6.31. The number of carbonyl (C=O) groups excluding carboxylic acids is 1. The second-order valence-corrected chi connectivity index (χ2v) is 3.85. The van der Waals surface area contributed by atoms with Gasteiger partial charge in [0.1, 0.15) is 6.10 Å². The maximum absolute atomic E-state index is 11.1. The van der Waals surface area contributed by atoms with Crippen molar-refractivity contribution in [1.29, 1.82) is 0 Å². The van der Waals surface area contributed by atoms with E-state index < -0.39 is 16.8 Å². The van der Waals surface area contributed by atoms with Gasteiger partial charge in [-0.05, 0) is 13.0 Å². The molecule has 0 spiro atoms. The molecular formula is C11H10ClNO4. The van der Waals surface area contributed by atoms with Crippen LogP contribution in [0.25, 0.3) is 0 Å². The molecule has 1 aromatic rings. The molecule has 1 rings (SSSR count). The van der Waals surface area contributed by atoms with Crippen LogP contribution in [0.2, 0.25) is 5.02 Å². The van der Waals surface area contributed by atoms with Gasteiger partial charge in [-0.3, -0.25) is 14.9 Å². The Hall–Kier alpha value is -1.72. The van der Waals surface area contributed by atoms with Crippen LogP contribution in [-0.2, 0) is 4.79 Å². The number of carbonyl (C=O) groups is 1.